The zero-order chi connectivity index (χ0) is 21.3. The maximum absolute atomic E-state index is 13.3. The number of ether oxygens (including phenoxy) is 1. The van der Waals surface area contributed by atoms with Crippen molar-refractivity contribution >= 4 is 10.9 Å². The molecule has 0 bridgehead atoms. The molecule has 1 aliphatic heterocycles. The van der Waals surface area contributed by atoms with Gasteiger partial charge in [-0.2, -0.15) is 0 Å². The molecule has 2 aromatic heterocycles. The number of nitrogens with one attached hydrogen (secondary N) is 1. The molecule has 1 aromatic carbocycles. The van der Waals surface area contributed by atoms with Crippen molar-refractivity contribution < 1.29 is 4.74 Å². The predicted molar refractivity (Wildman–Crippen MR) is 116 cm³/mol. The predicted octanol–water partition coefficient (Wildman–Crippen LogP) is 2.60. The van der Waals surface area contributed by atoms with E-state index in [4.69, 9.17) is 4.74 Å². The van der Waals surface area contributed by atoms with Crippen LogP contribution in [-0.2, 0) is 11.3 Å². The van der Waals surface area contributed by atoms with Crippen LogP contribution in [0.4, 0.5) is 0 Å². The van der Waals surface area contributed by atoms with Crippen molar-refractivity contribution in [2.24, 2.45) is 5.92 Å². The van der Waals surface area contributed by atoms with Crippen LogP contribution in [0.5, 0.6) is 0 Å². The highest BCUT2D eigenvalue weighted by Crippen LogP contribution is 2.31. The fourth-order valence-corrected chi connectivity index (χ4v) is 4.32. The van der Waals surface area contributed by atoms with Crippen molar-refractivity contribution in [3.05, 3.63) is 51.1 Å². The number of likely N-dealkylation sites (tertiary alicyclic amines) is 1. The summed E-state index contributed by atoms with van der Waals surface area (Å²) in [5, 5.41) is 13.5. The molecule has 8 nitrogen and oxygen atoms in total. The van der Waals surface area contributed by atoms with E-state index in [2.05, 4.69) is 45.3 Å². The fourth-order valence-electron chi connectivity index (χ4n) is 4.32. The monoisotopic (exact) mass is 410 g/mol. The van der Waals surface area contributed by atoms with E-state index in [-0.39, 0.29) is 11.6 Å². The van der Waals surface area contributed by atoms with Crippen molar-refractivity contribution in [2.45, 2.75) is 46.2 Å². The van der Waals surface area contributed by atoms with Crippen molar-refractivity contribution in [3.8, 4) is 0 Å². The first-order valence-corrected chi connectivity index (χ1v) is 10.6. The Morgan fingerprint density at radius 3 is 2.70 bits per heavy atom. The lowest BCUT2D eigenvalue weighted by Gasteiger charge is -2.36. The first-order valence-electron chi connectivity index (χ1n) is 10.6. The summed E-state index contributed by atoms with van der Waals surface area (Å²) in [6.45, 7) is 9.25. The van der Waals surface area contributed by atoms with Crippen molar-refractivity contribution in [2.75, 3.05) is 26.8 Å². The molecule has 0 amide bonds. The minimum atomic E-state index is -0.294. The van der Waals surface area contributed by atoms with Gasteiger partial charge in [0, 0.05) is 18.1 Å². The van der Waals surface area contributed by atoms with Crippen LogP contribution in [0.2, 0.25) is 0 Å². The molecule has 0 spiro atoms. The minimum Gasteiger partial charge on any atom is -0.383 e. The molecule has 1 N–H and O–H groups in total. The van der Waals surface area contributed by atoms with Gasteiger partial charge in [-0.3, -0.25) is 9.69 Å². The molecule has 8 heteroatoms. The van der Waals surface area contributed by atoms with Crippen LogP contribution in [0, 0.1) is 19.8 Å². The number of hydrogen-bond acceptors (Lipinski definition) is 6. The zero-order valence-electron chi connectivity index (χ0n) is 18.2. The number of methoxy groups -OCH3 is 1. The molecule has 1 aliphatic rings. The van der Waals surface area contributed by atoms with Crippen LogP contribution >= 0.6 is 0 Å². The Labute approximate surface area is 176 Å². The lowest BCUT2D eigenvalue weighted by atomic mass is 9.94. The average Bonchev–Trinajstić information content (AvgIpc) is 3.19. The van der Waals surface area contributed by atoms with E-state index in [9.17, 15) is 4.79 Å². The quantitative estimate of drug-likeness (QED) is 0.672. The van der Waals surface area contributed by atoms with Gasteiger partial charge in [-0.15, -0.1) is 5.10 Å². The Bertz CT molecular complexity index is 1080. The van der Waals surface area contributed by atoms with Crippen LogP contribution in [-0.4, -0.2) is 56.9 Å². The van der Waals surface area contributed by atoms with E-state index < -0.39 is 0 Å². The van der Waals surface area contributed by atoms with Gasteiger partial charge in [-0.1, -0.05) is 19.1 Å². The Hall–Kier alpha value is -2.58. The number of hydrogen-bond donors (Lipinski definition) is 1. The van der Waals surface area contributed by atoms with Crippen molar-refractivity contribution in [1.29, 1.82) is 0 Å². The van der Waals surface area contributed by atoms with Crippen LogP contribution < -0.4 is 5.56 Å². The Morgan fingerprint density at radius 2 is 1.97 bits per heavy atom. The normalized spacial score (nSPS) is 16.9. The summed E-state index contributed by atoms with van der Waals surface area (Å²) in [4.78, 5) is 18.8. The number of aromatic nitrogens is 5. The second-order valence-corrected chi connectivity index (χ2v) is 8.42. The van der Waals surface area contributed by atoms with E-state index in [0.29, 0.717) is 30.5 Å². The lowest BCUT2D eigenvalue weighted by molar-refractivity contribution is 0.144. The number of aryl methyl sites for hydroxylation is 2. The van der Waals surface area contributed by atoms with Gasteiger partial charge in [-0.25, -0.2) is 4.68 Å². The maximum Gasteiger partial charge on any atom is 0.253 e. The second-order valence-electron chi connectivity index (χ2n) is 8.42. The number of pyridine rings is 1. The molecule has 0 saturated carbocycles. The summed E-state index contributed by atoms with van der Waals surface area (Å²) in [7, 11) is 1.66. The number of rotatable bonds is 6. The van der Waals surface area contributed by atoms with E-state index in [1.807, 2.05) is 19.1 Å². The number of H-pyrrole nitrogens is 1. The van der Waals surface area contributed by atoms with Crippen LogP contribution in [0.15, 0.2) is 23.0 Å². The molecule has 1 saturated heterocycles. The van der Waals surface area contributed by atoms with Crippen molar-refractivity contribution in [1.82, 2.24) is 30.1 Å². The number of nitrogens with zero attached hydrogens (tertiary/aromatic N) is 5. The molecule has 1 fully saturated rings. The van der Waals surface area contributed by atoms with Crippen LogP contribution in [0.1, 0.15) is 48.3 Å². The molecular formula is C22H30N6O2. The van der Waals surface area contributed by atoms with Gasteiger partial charge in [0.2, 0.25) is 0 Å². The summed E-state index contributed by atoms with van der Waals surface area (Å²) in [6, 6.07) is 5.88. The van der Waals surface area contributed by atoms with E-state index in [0.717, 1.165) is 48.0 Å². The maximum atomic E-state index is 13.3. The topological polar surface area (TPSA) is 88.9 Å². The summed E-state index contributed by atoms with van der Waals surface area (Å²) in [5.74, 6) is 1.38. The minimum absolute atomic E-state index is 0.0823. The molecule has 160 valence electrons. The third-order valence-electron chi connectivity index (χ3n) is 6.26. The van der Waals surface area contributed by atoms with E-state index >= 15 is 0 Å². The van der Waals surface area contributed by atoms with E-state index in [1.54, 1.807) is 11.8 Å². The Balaban J connectivity index is 1.86. The van der Waals surface area contributed by atoms with Gasteiger partial charge in [0.15, 0.2) is 5.82 Å². The summed E-state index contributed by atoms with van der Waals surface area (Å²) >= 11 is 0. The number of benzene rings is 1. The smallest absolute Gasteiger partial charge is 0.253 e. The molecule has 0 aliphatic carbocycles. The number of fused-ring (bicyclic) bond motifs is 1. The standard InChI is InChI=1S/C22H30N6O2/c1-14-7-9-27(10-8-14)20(21-24-25-26-28(21)11-12-30-4)18-13-17-15(2)5-6-16(3)19(17)23-22(18)29/h5-6,13-14,20H,7-12H2,1-4H3,(H,23,29). The van der Waals surface area contributed by atoms with Gasteiger partial charge in [0.1, 0.15) is 6.04 Å². The molecule has 1 atom stereocenters. The lowest BCUT2D eigenvalue weighted by Crippen LogP contribution is -2.40. The van der Waals surface area contributed by atoms with Crippen LogP contribution in [0.3, 0.4) is 0 Å². The number of aromatic amines is 1. The van der Waals surface area contributed by atoms with Gasteiger partial charge >= 0.3 is 0 Å². The van der Waals surface area contributed by atoms with Gasteiger partial charge in [0.05, 0.1) is 18.7 Å². The highest BCUT2D eigenvalue weighted by molar-refractivity contribution is 5.85. The molecule has 30 heavy (non-hydrogen) atoms. The summed E-state index contributed by atoms with van der Waals surface area (Å²) in [5.41, 5.74) is 3.71. The zero-order valence-corrected chi connectivity index (χ0v) is 18.2. The number of tetrazole rings is 1. The Morgan fingerprint density at radius 1 is 1.23 bits per heavy atom. The molecule has 3 heterocycles. The highest BCUT2D eigenvalue weighted by atomic mass is 16.5. The largest absolute Gasteiger partial charge is 0.383 e. The van der Waals surface area contributed by atoms with Gasteiger partial charge in [-0.05, 0) is 73.3 Å². The molecule has 4 rings (SSSR count). The van der Waals surface area contributed by atoms with Gasteiger partial charge in [0.25, 0.3) is 5.56 Å². The average molecular weight is 411 g/mol. The highest BCUT2D eigenvalue weighted by Gasteiger charge is 2.32. The SMILES string of the molecule is COCCn1nnnc1C(c1cc2c(C)ccc(C)c2[nH]c1=O)N1CCC(C)CC1. The van der Waals surface area contributed by atoms with Crippen molar-refractivity contribution in [3.63, 3.8) is 0 Å². The Kier molecular flexibility index (Phi) is 5.97. The first kappa shape index (κ1) is 20.7. The summed E-state index contributed by atoms with van der Waals surface area (Å²) < 4.78 is 6.99. The third-order valence-corrected chi connectivity index (χ3v) is 6.26. The molecular weight excluding hydrogens is 380 g/mol. The first-order chi connectivity index (χ1) is 14.5. The molecule has 0 radical (unpaired) electrons. The fraction of sp³-hybridized carbons (Fsp3) is 0.545. The molecule has 3 aromatic rings. The summed E-state index contributed by atoms with van der Waals surface area (Å²) in [6.07, 6.45) is 2.19. The van der Waals surface area contributed by atoms with Gasteiger partial charge < -0.3 is 9.72 Å². The third kappa shape index (κ3) is 3.89. The second kappa shape index (κ2) is 8.65. The number of piperidine rings is 1. The van der Waals surface area contributed by atoms with Crippen LogP contribution in [0.25, 0.3) is 10.9 Å². The molecule has 1 unspecified atom stereocenters. The van der Waals surface area contributed by atoms with E-state index in [1.165, 1.54) is 0 Å².